The van der Waals surface area contributed by atoms with E-state index in [1.54, 1.807) is 6.07 Å². The normalized spacial score (nSPS) is 12.2. The first-order chi connectivity index (χ1) is 7.54. The molecule has 0 spiro atoms. The highest BCUT2D eigenvalue weighted by atomic mass is 16.4. The second kappa shape index (κ2) is 5.54. The molecule has 0 aliphatic carbocycles. The molecular formula is C13H19NO2. The number of aromatic carboxylic acids is 1. The number of aryl methyl sites for hydroxylation is 1. The Morgan fingerprint density at radius 1 is 1.50 bits per heavy atom. The van der Waals surface area contributed by atoms with Crippen LogP contribution >= 0.6 is 0 Å². The number of carboxylic acid groups (broad SMARTS) is 1. The lowest BCUT2D eigenvalue weighted by Gasteiger charge is -2.13. The van der Waals surface area contributed by atoms with Crippen LogP contribution in [0.25, 0.3) is 0 Å². The maximum atomic E-state index is 11.0. The number of nitrogens with one attached hydrogen (secondary N) is 1. The maximum absolute atomic E-state index is 11.0. The second-order valence-corrected chi connectivity index (χ2v) is 4.25. The lowest BCUT2D eigenvalue weighted by molar-refractivity contribution is 0.0698. The third-order valence-electron chi connectivity index (χ3n) is 2.74. The average molecular weight is 221 g/mol. The van der Waals surface area contributed by atoms with E-state index in [0.29, 0.717) is 17.2 Å². The van der Waals surface area contributed by atoms with Crippen molar-refractivity contribution >= 4 is 11.7 Å². The number of carboxylic acids is 1. The SMILES string of the molecule is CCC(C)CNc1ccc(C)cc1C(=O)O. The van der Waals surface area contributed by atoms with Crippen molar-refractivity contribution in [2.45, 2.75) is 27.2 Å². The number of rotatable bonds is 5. The number of benzene rings is 1. The van der Waals surface area contributed by atoms with Gasteiger partial charge in [-0.3, -0.25) is 0 Å². The van der Waals surface area contributed by atoms with Crippen molar-refractivity contribution < 1.29 is 9.90 Å². The van der Waals surface area contributed by atoms with E-state index in [9.17, 15) is 4.79 Å². The molecule has 1 atom stereocenters. The molecule has 0 aromatic heterocycles. The van der Waals surface area contributed by atoms with Crippen LogP contribution < -0.4 is 5.32 Å². The van der Waals surface area contributed by atoms with Crippen LogP contribution in [0.4, 0.5) is 5.69 Å². The molecule has 0 saturated heterocycles. The van der Waals surface area contributed by atoms with Crippen LogP contribution in [0.15, 0.2) is 18.2 Å². The van der Waals surface area contributed by atoms with Gasteiger partial charge in [0.25, 0.3) is 0 Å². The smallest absolute Gasteiger partial charge is 0.337 e. The predicted octanol–water partition coefficient (Wildman–Crippen LogP) is 3.15. The van der Waals surface area contributed by atoms with E-state index in [1.165, 1.54) is 0 Å². The van der Waals surface area contributed by atoms with E-state index < -0.39 is 5.97 Å². The number of hydrogen-bond donors (Lipinski definition) is 2. The minimum Gasteiger partial charge on any atom is -0.478 e. The minimum atomic E-state index is -0.879. The molecule has 0 amide bonds. The fourth-order valence-electron chi connectivity index (χ4n) is 1.42. The summed E-state index contributed by atoms with van der Waals surface area (Å²) >= 11 is 0. The monoisotopic (exact) mass is 221 g/mol. The Kier molecular flexibility index (Phi) is 4.35. The molecular weight excluding hydrogens is 202 g/mol. The van der Waals surface area contributed by atoms with Crippen LogP contribution in [-0.2, 0) is 0 Å². The van der Waals surface area contributed by atoms with E-state index in [4.69, 9.17) is 5.11 Å². The quantitative estimate of drug-likeness (QED) is 0.803. The molecule has 0 aliphatic rings. The van der Waals surface area contributed by atoms with Gasteiger partial charge in [0.2, 0.25) is 0 Å². The highest BCUT2D eigenvalue weighted by Crippen LogP contribution is 2.18. The van der Waals surface area contributed by atoms with Crippen LogP contribution in [0.1, 0.15) is 36.2 Å². The van der Waals surface area contributed by atoms with E-state index in [1.807, 2.05) is 19.1 Å². The predicted molar refractivity (Wildman–Crippen MR) is 66.1 cm³/mol. The number of carbonyl (C=O) groups is 1. The van der Waals surface area contributed by atoms with Crippen molar-refractivity contribution in [3.63, 3.8) is 0 Å². The Bertz CT molecular complexity index is 374. The largest absolute Gasteiger partial charge is 0.478 e. The summed E-state index contributed by atoms with van der Waals surface area (Å²) in [6, 6.07) is 5.45. The summed E-state index contributed by atoms with van der Waals surface area (Å²) in [4.78, 5) is 11.0. The molecule has 3 heteroatoms. The van der Waals surface area contributed by atoms with Gasteiger partial charge in [-0.05, 0) is 25.0 Å². The third kappa shape index (κ3) is 3.26. The molecule has 16 heavy (non-hydrogen) atoms. The van der Waals surface area contributed by atoms with Gasteiger partial charge < -0.3 is 10.4 Å². The van der Waals surface area contributed by atoms with Gasteiger partial charge in [-0.1, -0.05) is 31.9 Å². The zero-order valence-electron chi connectivity index (χ0n) is 10.1. The summed E-state index contributed by atoms with van der Waals surface area (Å²) in [5.41, 5.74) is 2.02. The Labute approximate surface area is 96.5 Å². The Hall–Kier alpha value is -1.51. The van der Waals surface area contributed by atoms with Gasteiger partial charge in [-0.2, -0.15) is 0 Å². The minimum absolute atomic E-state index is 0.350. The third-order valence-corrected chi connectivity index (χ3v) is 2.74. The lowest BCUT2D eigenvalue weighted by atomic mass is 10.1. The van der Waals surface area contributed by atoms with Gasteiger partial charge in [0.15, 0.2) is 0 Å². The Morgan fingerprint density at radius 2 is 2.19 bits per heavy atom. The first-order valence-electron chi connectivity index (χ1n) is 5.62. The van der Waals surface area contributed by atoms with Crippen molar-refractivity contribution in [1.82, 2.24) is 0 Å². The molecule has 1 aromatic rings. The van der Waals surface area contributed by atoms with Gasteiger partial charge in [-0.15, -0.1) is 0 Å². The molecule has 0 heterocycles. The fourth-order valence-corrected chi connectivity index (χ4v) is 1.42. The van der Waals surface area contributed by atoms with Crippen molar-refractivity contribution in [3.8, 4) is 0 Å². The molecule has 1 aromatic carbocycles. The van der Waals surface area contributed by atoms with Gasteiger partial charge in [0.05, 0.1) is 5.56 Å². The first-order valence-corrected chi connectivity index (χ1v) is 5.62. The van der Waals surface area contributed by atoms with Crippen LogP contribution in [0.3, 0.4) is 0 Å². The van der Waals surface area contributed by atoms with Crippen LogP contribution in [-0.4, -0.2) is 17.6 Å². The molecule has 2 N–H and O–H groups in total. The fraction of sp³-hybridized carbons (Fsp3) is 0.462. The van der Waals surface area contributed by atoms with E-state index in [2.05, 4.69) is 19.2 Å². The van der Waals surface area contributed by atoms with E-state index in [0.717, 1.165) is 18.5 Å². The van der Waals surface area contributed by atoms with Gasteiger partial charge >= 0.3 is 5.97 Å². The van der Waals surface area contributed by atoms with Crippen molar-refractivity contribution in [2.24, 2.45) is 5.92 Å². The summed E-state index contributed by atoms with van der Waals surface area (Å²) in [6.07, 6.45) is 1.08. The van der Waals surface area contributed by atoms with Gasteiger partial charge in [0.1, 0.15) is 0 Å². The van der Waals surface area contributed by atoms with Crippen molar-refractivity contribution in [1.29, 1.82) is 0 Å². The standard InChI is InChI=1S/C13H19NO2/c1-4-9(2)8-14-12-6-5-10(3)7-11(12)13(15)16/h5-7,9,14H,4,8H2,1-3H3,(H,15,16). The molecule has 0 fully saturated rings. The highest BCUT2D eigenvalue weighted by molar-refractivity contribution is 5.94. The lowest BCUT2D eigenvalue weighted by Crippen LogP contribution is -2.13. The summed E-state index contributed by atoms with van der Waals surface area (Å²) in [7, 11) is 0. The number of anilines is 1. The van der Waals surface area contributed by atoms with E-state index >= 15 is 0 Å². The molecule has 1 unspecified atom stereocenters. The van der Waals surface area contributed by atoms with Gasteiger partial charge in [0, 0.05) is 12.2 Å². The molecule has 3 nitrogen and oxygen atoms in total. The zero-order valence-corrected chi connectivity index (χ0v) is 10.1. The molecule has 0 saturated carbocycles. The summed E-state index contributed by atoms with van der Waals surface area (Å²) in [6.45, 7) is 6.96. The summed E-state index contributed by atoms with van der Waals surface area (Å²) < 4.78 is 0. The summed E-state index contributed by atoms with van der Waals surface area (Å²) in [5, 5.41) is 12.3. The van der Waals surface area contributed by atoms with Crippen molar-refractivity contribution in [3.05, 3.63) is 29.3 Å². The van der Waals surface area contributed by atoms with E-state index in [-0.39, 0.29) is 0 Å². The van der Waals surface area contributed by atoms with Crippen LogP contribution in [0, 0.1) is 12.8 Å². The topological polar surface area (TPSA) is 49.3 Å². The molecule has 0 radical (unpaired) electrons. The van der Waals surface area contributed by atoms with Crippen molar-refractivity contribution in [2.75, 3.05) is 11.9 Å². The highest BCUT2D eigenvalue weighted by Gasteiger charge is 2.10. The molecule has 0 bridgehead atoms. The summed E-state index contributed by atoms with van der Waals surface area (Å²) in [5.74, 6) is -0.335. The molecule has 1 rings (SSSR count). The Morgan fingerprint density at radius 3 is 2.75 bits per heavy atom. The van der Waals surface area contributed by atoms with Gasteiger partial charge in [-0.25, -0.2) is 4.79 Å². The van der Waals surface area contributed by atoms with Crippen LogP contribution in [0.2, 0.25) is 0 Å². The second-order valence-electron chi connectivity index (χ2n) is 4.25. The first kappa shape index (κ1) is 12.6. The maximum Gasteiger partial charge on any atom is 0.337 e. The zero-order chi connectivity index (χ0) is 12.1. The molecule has 88 valence electrons. The van der Waals surface area contributed by atoms with Crippen LogP contribution in [0.5, 0.6) is 0 Å². The Balaban J connectivity index is 2.82. The molecule has 0 aliphatic heterocycles. The average Bonchev–Trinajstić information content (AvgIpc) is 2.26. The number of hydrogen-bond acceptors (Lipinski definition) is 2.